The fraction of sp³-hybridized carbons (Fsp3) is 0. The van der Waals surface area contributed by atoms with E-state index in [9.17, 15) is 9.18 Å². The van der Waals surface area contributed by atoms with Crippen LogP contribution in [0.3, 0.4) is 0 Å². The molecule has 0 atom stereocenters. The van der Waals surface area contributed by atoms with E-state index in [4.69, 9.17) is 4.74 Å². The van der Waals surface area contributed by atoms with Gasteiger partial charge in [-0.3, -0.25) is 0 Å². The molecular weight excluding hydrogens is 373 g/mol. The first-order valence-electron chi connectivity index (χ1n) is 8.73. The molecule has 0 unspecified atom stereocenters. The SMILES string of the molecule is O=C(Nc1ccc(F)cc1)Nc1ccc(Oc2cc(-n3cccc3)ncn2)cc1. The highest BCUT2D eigenvalue weighted by molar-refractivity contribution is 5.99. The van der Waals surface area contributed by atoms with Gasteiger partial charge in [0.2, 0.25) is 5.88 Å². The van der Waals surface area contributed by atoms with E-state index in [2.05, 4.69) is 20.6 Å². The second-order valence-electron chi connectivity index (χ2n) is 6.02. The smallest absolute Gasteiger partial charge is 0.323 e. The predicted molar refractivity (Wildman–Crippen MR) is 107 cm³/mol. The van der Waals surface area contributed by atoms with Crippen molar-refractivity contribution in [3.63, 3.8) is 0 Å². The van der Waals surface area contributed by atoms with Gasteiger partial charge in [-0.25, -0.2) is 19.2 Å². The topological polar surface area (TPSA) is 81.1 Å². The van der Waals surface area contributed by atoms with Crippen LogP contribution in [0.1, 0.15) is 0 Å². The molecule has 0 fully saturated rings. The van der Waals surface area contributed by atoms with Crippen LogP contribution in [0, 0.1) is 5.82 Å². The number of ether oxygens (including phenoxy) is 1. The minimum absolute atomic E-state index is 0.365. The Kier molecular flexibility index (Phi) is 5.15. The average molecular weight is 389 g/mol. The second-order valence-corrected chi connectivity index (χ2v) is 6.02. The summed E-state index contributed by atoms with van der Waals surface area (Å²) in [5, 5.41) is 5.32. The summed E-state index contributed by atoms with van der Waals surface area (Å²) in [6, 6.07) is 17.4. The number of hydrogen-bond acceptors (Lipinski definition) is 4. The van der Waals surface area contributed by atoms with E-state index in [1.165, 1.54) is 30.6 Å². The fourth-order valence-corrected chi connectivity index (χ4v) is 2.57. The first-order chi connectivity index (χ1) is 14.2. The molecule has 2 aromatic carbocycles. The van der Waals surface area contributed by atoms with Crippen molar-refractivity contribution in [3.8, 4) is 17.4 Å². The van der Waals surface area contributed by atoms with E-state index in [0.717, 1.165) is 0 Å². The Morgan fingerprint density at radius 1 is 0.897 bits per heavy atom. The molecule has 7 nitrogen and oxygen atoms in total. The van der Waals surface area contributed by atoms with E-state index in [1.54, 1.807) is 30.3 Å². The van der Waals surface area contributed by atoms with Crippen molar-refractivity contribution in [2.75, 3.05) is 10.6 Å². The van der Waals surface area contributed by atoms with Crippen LogP contribution in [-0.4, -0.2) is 20.6 Å². The number of anilines is 2. The van der Waals surface area contributed by atoms with Gasteiger partial charge in [0.1, 0.15) is 23.7 Å². The summed E-state index contributed by atoms with van der Waals surface area (Å²) in [5.74, 6) is 1.29. The predicted octanol–water partition coefficient (Wildman–Crippen LogP) is 4.84. The standard InChI is InChI=1S/C21H16FN5O2/c22-15-3-5-16(6-4-15)25-21(28)26-17-7-9-18(10-8-17)29-20-13-19(23-14-24-20)27-11-1-2-12-27/h1-14H,(H2,25,26,28). The normalized spacial score (nSPS) is 10.4. The molecule has 0 spiro atoms. The summed E-state index contributed by atoms with van der Waals surface area (Å²) < 4.78 is 20.5. The first kappa shape index (κ1) is 18.2. The maximum Gasteiger partial charge on any atom is 0.323 e. The van der Waals surface area contributed by atoms with Crippen LogP contribution in [-0.2, 0) is 0 Å². The highest BCUT2D eigenvalue weighted by Crippen LogP contribution is 2.22. The molecule has 0 saturated carbocycles. The lowest BCUT2D eigenvalue weighted by molar-refractivity contribution is 0.262. The molecule has 0 bridgehead atoms. The zero-order valence-electron chi connectivity index (χ0n) is 15.1. The minimum Gasteiger partial charge on any atom is -0.439 e. The fourth-order valence-electron chi connectivity index (χ4n) is 2.57. The minimum atomic E-state index is -0.433. The molecule has 2 N–H and O–H groups in total. The van der Waals surface area contributed by atoms with Gasteiger partial charge in [-0.1, -0.05) is 0 Å². The number of carbonyl (C=O) groups is 1. The largest absolute Gasteiger partial charge is 0.439 e. The van der Waals surface area contributed by atoms with Gasteiger partial charge in [0.15, 0.2) is 0 Å². The molecule has 4 aromatic rings. The summed E-state index contributed by atoms with van der Waals surface area (Å²) >= 11 is 0. The quantitative estimate of drug-likeness (QED) is 0.512. The van der Waals surface area contributed by atoms with Gasteiger partial charge in [-0.05, 0) is 60.7 Å². The monoisotopic (exact) mass is 389 g/mol. The molecular formula is C21H16FN5O2. The average Bonchev–Trinajstić information content (AvgIpc) is 3.26. The number of urea groups is 1. The maximum absolute atomic E-state index is 12.9. The van der Waals surface area contributed by atoms with Crippen molar-refractivity contribution < 1.29 is 13.9 Å². The maximum atomic E-state index is 12.9. The van der Waals surface area contributed by atoms with Crippen LogP contribution >= 0.6 is 0 Å². The van der Waals surface area contributed by atoms with Crippen LogP contribution < -0.4 is 15.4 Å². The van der Waals surface area contributed by atoms with Crippen molar-refractivity contribution in [3.05, 3.63) is 91.3 Å². The molecule has 4 rings (SSSR count). The van der Waals surface area contributed by atoms with Gasteiger partial charge in [-0.2, -0.15) is 0 Å². The molecule has 8 heteroatoms. The van der Waals surface area contributed by atoms with Gasteiger partial charge < -0.3 is 19.9 Å². The van der Waals surface area contributed by atoms with Crippen molar-refractivity contribution in [1.82, 2.24) is 14.5 Å². The van der Waals surface area contributed by atoms with Crippen molar-refractivity contribution >= 4 is 17.4 Å². The van der Waals surface area contributed by atoms with Crippen molar-refractivity contribution in [2.45, 2.75) is 0 Å². The number of halogens is 1. The third-order valence-electron chi connectivity index (χ3n) is 3.93. The lowest BCUT2D eigenvalue weighted by Gasteiger charge is -2.09. The summed E-state index contributed by atoms with van der Waals surface area (Å²) in [5.41, 5.74) is 1.07. The molecule has 2 amide bonds. The lowest BCUT2D eigenvalue weighted by atomic mass is 10.3. The van der Waals surface area contributed by atoms with Gasteiger partial charge in [0.25, 0.3) is 0 Å². The van der Waals surface area contributed by atoms with Crippen LogP contribution in [0.25, 0.3) is 5.82 Å². The molecule has 29 heavy (non-hydrogen) atoms. The molecule has 144 valence electrons. The third kappa shape index (κ3) is 4.75. The number of hydrogen-bond donors (Lipinski definition) is 2. The number of benzene rings is 2. The Balaban J connectivity index is 1.37. The van der Waals surface area contributed by atoms with Crippen LogP contribution in [0.2, 0.25) is 0 Å². The number of nitrogens with one attached hydrogen (secondary N) is 2. The highest BCUT2D eigenvalue weighted by atomic mass is 19.1. The molecule has 2 aromatic heterocycles. The van der Waals surface area contributed by atoms with Gasteiger partial charge in [0.05, 0.1) is 0 Å². The first-order valence-corrected chi connectivity index (χ1v) is 8.73. The highest BCUT2D eigenvalue weighted by Gasteiger charge is 2.05. The van der Waals surface area contributed by atoms with E-state index >= 15 is 0 Å². The molecule has 0 aliphatic heterocycles. The van der Waals surface area contributed by atoms with E-state index in [-0.39, 0.29) is 5.82 Å². The summed E-state index contributed by atoms with van der Waals surface area (Å²) in [6.45, 7) is 0. The summed E-state index contributed by atoms with van der Waals surface area (Å²) in [4.78, 5) is 20.3. The summed E-state index contributed by atoms with van der Waals surface area (Å²) in [7, 11) is 0. The Morgan fingerprint density at radius 3 is 2.17 bits per heavy atom. The number of aromatic nitrogens is 3. The Morgan fingerprint density at radius 2 is 1.52 bits per heavy atom. The number of amides is 2. The Bertz CT molecular complexity index is 1100. The number of rotatable bonds is 5. The number of carbonyl (C=O) groups excluding carboxylic acids is 1. The summed E-state index contributed by atoms with van der Waals surface area (Å²) in [6.07, 6.45) is 5.19. The lowest BCUT2D eigenvalue weighted by Crippen LogP contribution is -2.19. The second kappa shape index (κ2) is 8.22. The Labute approximate surface area is 165 Å². The van der Waals surface area contributed by atoms with Gasteiger partial charge in [-0.15, -0.1) is 0 Å². The van der Waals surface area contributed by atoms with E-state index in [1.807, 2.05) is 29.1 Å². The molecule has 0 aliphatic carbocycles. The van der Waals surface area contributed by atoms with E-state index in [0.29, 0.717) is 28.8 Å². The van der Waals surface area contributed by atoms with Crippen molar-refractivity contribution in [2.24, 2.45) is 0 Å². The number of nitrogens with zero attached hydrogens (tertiary/aromatic N) is 3. The van der Waals surface area contributed by atoms with Crippen LogP contribution in [0.15, 0.2) is 85.5 Å². The van der Waals surface area contributed by atoms with E-state index < -0.39 is 6.03 Å². The van der Waals surface area contributed by atoms with Gasteiger partial charge in [0, 0.05) is 29.8 Å². The molecule has 0 aliphatic rings. The Hall–Kier alpha value is -4.20. The third-order valence-corrected chi connectivity index (χ3v) is 3.93. The van der Waals surface area contributed by atoms with Gasteiger partial charge >= 0.3 is 6.03 Å². The van der Waals surface area contributed by atoms with Crippen LogP contribution in [0.4, 0.5) is 20.6 Å². The van der Waals surface area contributed by atoms with Crippen molar-refractivity contribution in [1.29, 1.82) is 0 Å². The molecule has 0 saturated heterocycles. The van der Waals surface area contributed by atoms with Crippen LogP contribution in [0.5, 0.6) is 11.6 Å². The molecule has 0 radical (unpaired) electrons. The zero-order chi connectivity index (χ0) is 20.1. The zero-order valence-corrected chi connectivity index (χ0v) is 15.1. The molecule has 2 heterocycles.